The second-order valence-corrected chi connectivity index (χ2v) is 8.75. The number of amides is 2. The van der Waals surface area contributed by atoms with Gasteiger partial charge in [-0.3, -0.25) is 14.5 Å². The molecule has 0 aliphatic carbocycles. The van der Waals surface area contributed by atoms with Crippen LogP contribution in [0.4, 0.5) is 0 Å². The lowest BCUT2D eigenvalue weighted by Gasteiger charge is -2.31. The molecule has 2 aliphatic rings. The zero-order chi connectivity index (χ0) is 18.0. The van der Waals surface area contributed by atoms with Gasteiger partial charge in [0, 0.05) is 4.47 Å². The zero-order valence-corrected chi connectivity index (χ0v) is 17.0. The number of piperazine rings is 1. The van der Waals surface area contributed by atoms with E-state index in [1.54, 1.807) is 0 Å². The summed E-state index contributed by atoms with van der Waals surface area (Å²) in [6, 6.07) is 7.70. The first-order valence-corrected chi connectivity index (χ1v) is 10.1. The summed E-state index contributed by atoms with van der Waals surface area (Å²) < 4.78 is 1.39. The number of quaternary nitrogens is 1. The number of hydrogen-bond acceptors (Lipinski definition) is 4. The number of nitrogens with zero attached hydrogens (tertiary/aromatic N) is 2. The molecule has 8 heteroatoms. The van der Waals surface area contributed by atoms with Crippen LogP contribution >= 0.6 is 39.9 Å². The minimum absolute atomic E-state index is 0.0273. The van der Waals surface area contributed by atoms with Gasteiger partial charge in [0.15, 0.2) is 0 Å². The maximum atomic E-state index is 12.6. The van der Waals surface area contributed by atoms with Crippen molar-refractivity contribution in [2.75, 3.05) is 39.8 Å². The number of rotatable bonds is 3. The Hall–Kier alpha value is -1.22. The van der Waals surface area contributed by atoms with E-state index >= 15 is 0 Å². The molecule has 0 unspecified atom stereocenters. The highest BCUT2D eigenvalue weighted by Crippen LogP contribution is 2.32. The number of thioether (sulfide) groups is 1. The van der Waals surface area contributed by atoms with E-state index in [-0.39, 0.29) is 18.4 Å². The standard InChI is InChI=1S/C17H18BrN3O2S2/c1-19-5-7-20(8-6-19)15(22)11-21-16(23)14(25-17(21)24)10-12-3-2-4-13(18)9-12/h2-4,9-10H,5-8,11H2,1H3/p+1. The smallest absolute Gasteiger partial charge is 0.266 e. The van der Waals surface area contributed by atoms with E-state index in [1.807, 2.05) is 35.2 Å². The summed E-state index contributed by atoms with van der Waals surface area (Å²) >= 11 is 9.99. The summed E-state index contributed by atoms with van der Waals surface area (Å²) in [5.74, 6) is -0.226. The Labute approximate surface area is 165 Å². The molecule has 0 saturated carbocycles. The number of benzene rings is 1. The van der Waals surface area contributed by atoms with Gasteiger partial charge in [-0.15, -0.1) is 0 Å². The number of carbonyl (C=O) groups excluding carboxylic acids is 2. The molecule has 0 spiro atoms. The summed E-state index contributed by atoms with van der Waals surface area (Å²) in [6.45, 7) is 3.36. The van der Waals surface area contributed by atoms with Crippen LogP contribution in [0, 0.1) is 0 Å². The predicted octanol–water partition coefficient (Wildman–Crippen LogP) is 1.01. The SMILES string of the molecule is C[NH+]1CCN(C(=O)CN2C(=O)C(=Cc3cccc(Br)c3)SC2=S)CC1. The first-order chi connectivity index (χ1) is 11.9. The first kappa shape index (κ1) is 18.6. The number of hydrogen-bond donors (Lipinski definition) is 1. The Morgan fingerprint density at radius 3 is 2.80 bits per heavy atom. The second kappa shape index (κ2) is 7.99. The van der Waals surface area contributed by atoms with Gasteiger partial charge in [-0.25, -0.2) is 0 Å². The van der Waals surface area contributed by atoms with Gasteiger partial charge in [-0.1, -0.05) is 52.0 Å². The monoisotopic (exact) mass is 440 g/mol. The first-order valence-electron chi connectivity index (χ1n) is 8.04. The number of carbonyl (C=O) groups is 2. The molecular weight excluding hydrogens is 422 g/mol. The van der Waals surface area contributed by atoms with E-state index < -0.39 is 0 Å². The molecule has 3 rings (SSSR count). The van der Waals surface area contributed by atoms with Crippen molar-refractivity contribution < 1.29 is 14.5 Å². The lowest BCUT2D eigenvalue weighted by atomic mass is 10.2. The van der Waals surface area contributed by atoms with E-state index in [0.29, 0.717) is 9.23 Å². The molecule has 0 atom stereocenters. The maximum absolute atomic E-state index is 12.6. The number of halogens is 1. The van der Waals surface area contributed by atoms with Crippen LogP contribution in [0.5, 0.6) is 0 Å². The molecule has 1 aromatic rings. The van der Waals surface area contributed by atoms with Crippen molar-refractivity contribution >= 4 is 62.1 Å². The Bertz CT molecular complexity index is 745. The van der Waals surface area contributed by atoms with E-state index in [2.05, 4.69) is 23.0 Å². The molecule has 5 nitrogen and oxygen atoms in total. The molecule has 1 N–H and O–H groups in total. The van der Waals surface area contributed by atoms with Crippen LogP contribution in [0.3, 0.4) is 0 Å². The molecule has 2 amide bonds. The van der Waals surface area contributed by atoms with Crippen LogP contribution in [0.2, 0.25) is 0 Å². The lowest BCUT2D eigenvalue weighted by Crippen LogP contribution is -3.12. The van der Waals surface area contributed by atoms with Crippen molar-refractivity contribution in [3.63, 3.8) is 0 Å². The van der Waals surface area contributed by atoms with Gasteiger partial charge >= 0.3 is 0 Å². The van der Waals surface area contributed by atoms with Crippen molar-refractivity contribution in [1.29, 1.82) is 0 Å². The van der Waals surface area contributed by atoms with E-state index in [9.17, 15) is 9.59 Å². The van der Waals surface area contributed by atoms with Crippen molar-refractivity contribution in [2.24, 2.45) is 0 Å². The van der Waals surface area contributed by atoms with Crippen molar-refractivity contribution in [3.05, 3.63) is 39.2 Å². The second-order valence-electron chi connectivity index (χ2n) is 6.16. The third-order valence-corrected chi connectivity index (χ3v) is 6.15. The maximum Gasteiger partial charge on any atom is 0.266 e. The topological polar surface area (TPSA) is 45.1 Å². The summed E-state index contributed by atoms with van der Waals surface area (Å²) in [6.07, 6.45) is 1.81. The van der Waals surface area contributed by atoms with Gasteiger partial charge in [0.2, 0.25) is 5.91 Å². The predicted molar refractivity (Wildman–Crippen MR) is 107 cm³/mol. The molecular formula is C17H19BrN3O2S2+. The Morgan fingerprint density at radius 2 is 2.12 bits per heavy atom. The van der Waals surface area contributed by atoms with E-state index in [4.69, 9.17) is 12.2 Å². The largest absolute Gasteiger partial charge is 0.334 e. The van der Waals surface area contributed by atoms with Gasteiger partial charge in [0.1, 0.15) is 10.9 Å². The third kappa shape index (κ3) is 4.49. The third-order valence-electron chi connectivity index (χ3n) is 4.28. The van der Waals surface area contributed by atoms with E-state index in [0.717, 1.165) is 36.2 Å². The van der Waals surface area contributed by atoms with Gasteiger partial charge in [-0.2, -0.15) is 0 Å². The zero-order valence-electron chi connectivity index (χ0n) is 13.8. The molecule has 2 aliphatic heterocycles. The fourth-order valence-corrected chi connectivity index (χ4v) is 4.43. The quantitative estimate of drug-likeness (QED) is 0.562. The van der Waals surface area contributed by atoms with Gasteiger partial charge in [-0.05, 0) is 23.8 Å². The van der Waals surface area contributed by atoms with Crippen LogP contribution in [0.25, 0.3) is 6.08 Å². The van der Waals surface area contributed by atoms with Crippen LogP contribution in [0.1, 0.15) is 5.56 Å². The molecule has 0 aromatic heterocycles. The highest BCUT2D eigenvalue weighted by molar-refractivity contribution is 9.10. The molecule has 132 valence electrons. The van der Waals surface area contributed by atoms with Crippen LogP contribution in [0.15, 0.2) is 33.6 Å². The average Bonchev–Trinajstić information content (AvgIpc) is 2.83. The number of thiocarbonyl (C=S) groups is 1. The highest BCUT2D eigenvalue weighted by Gasteiger charge is 2.35. The summed E-state index contributed by atoms with van der Waals surface area (Å²) in [4.78, 5) is 30.3. The number of likely N-dealkylation sites (N-methyl/N-ethyl adjacent to an activating group) is 1. The Morgan fingerprint density at radius 1 is 1.40 bits per heavy atom. The van der Waals surface area contributed by atoms with Gasteiger partial charge in [0.05, 0.1) is 38.1 Å². The summed E-state index contributed by atoms with van der Waals surface area (Å²) in [5.41, 5.74) is 0.920. The van der Waals surface area contributed by atoms with Gasteiger partial charge < -0.3 is 9.80 Å². The fraction of sp³-hybridized carbons (Fsp3) is 0.353. The molecule has 25 heavy (non-hydrogen) atoms. The number of nitrogens with one attached hydrogen (secondary N) is 1. The van der Waals surface area contributed by atoms with Crippen molar-refractivity contribution in [2.45, 2.75) is 0 Å². The summed E-state index contributed by atoms with van der Waals surface area (Å²) in [7, 11) is 2.12. The van der Waals surface area contributed by atoms with Gasteiger partial charge in [0.25, 0.3) is 5.91 Å². The van der Waals surface area contributed by atoms with Crippen LogP contribution < -0.4 is 4.90 Å². The molecule has 2 saturated heterocycles. The molecule has 2 heterocycles. The average molecular weight is 441 g/mol. The fourth-order valence-electron chi connectivity index (χ4n) is 2.76. The van der Waals surface area contributed by atoms with Crippen LogP contribution in [-0.4, -0.2) is 65.7 Å². The highest BCUT2D eigenvalue weighted by atomic mass is 79.9. The lowest BCUT2D eigenvalue weighted by molar-refractivity contribution is -0.883. The normalized spacial score (nSPS) is 20.6. The van der Waals surface area contributed by atoms with E-state index in [1.165, 1.54) is 21.6 Å². The molecule has 1 aromatic carbocycles. The minimum atomic E-state index is -0.192. The summed E-state index contributed by atoms with van der Waals surface area (Å²) in [5, 5.41) is 0. The minimum Gasteiger partial charge on any atom is -0.334 e. The molecule has 2 fully saturated rings. The van der Waals surface area contributed by atoms with Crippen LogP contribution in [-0.2, 0) is 9.59 Å². The molecule has 0 bridgehead atoms. The van der Waals surface area contributed by atoms with Crippen molar-refractivity contribution in [3.8, 4) is 0 Å². The Kier molecular flexibility index (Phi) is 5.93. The molecule has 0 radical (unpaired) electrons. The Balaban J connectivity index is 1.68. The van der Waals surface area contributed by atoms with Crippen molar-refractivity contribution in [1.82, 2.24) is 9.80 Å².